The lowest BCUT2D eigenvalue weighted by Gasteiger charge is -2.07. The van der Waals surface area contributed by atoms with Crippen molar-refractivity contribution in [2.45, 2.75) is 13.3 Å². The Kier molecular flexibility index (Phi) is 4.94. The Morgan fingerprint density at radius 2 is 2.10 bits per heavy atom. The van der Waals surface area contributed by atoms with Gasteiger partial charge in [0.15, 0.2) is 6.61 Å². The lowest BCUT2D eigenvalue weighted by molar-refractivity contribution is -0.139. The minimum atomic E-state index is -1.05. The number of carbonyl (C=O) groups is 2. The quantitative estimate of drug-likeness (QED) is 0.860. The number of ether oxygens (including phenoxy) is 1. The molecule has 1 aromatic heterocycles. The van der Waals surface area contributed by atoms with Crippen LogP contribution < -0.4 is 10.1 Å². The van der Waals surface area contributed by atoms with Crippen LogP contribution in [0.3, 0.4) is 0 Å². The Balaban J connectivity index is 2.03. The molecule has 0 bridgehead atoms. The average Bonchev–Trinajstić information content (AvgIpc) is 2.94. The monoisotopic (exact) mass is 305 g/mol. The largest absolute Gasteiger partial charge is 0.482 e. The molecule has 2 aromatic rings. The second-order valence-electron chi connectivity index (χ2n) is 4.28. The molecule has 0 aliphatic carbocycles. The average molecular weight is 305 g/mol. The number of amides is 1. The van der Waals surface area contributed by atoms with Gasteiger partial charge in [-0.1, -0.05) is 13.0 Å². The zero-order valence-electron chi connectivity index (χ0n) is 11.5. The first kappa shape index (κ1) is 15.1. The van der Waals surface area contributed by atoms with Crippen LogP contribution in [-0.2, 0) is 11.2 Å². The molecule has 1 heterocycles. The van der Waals surface area contributed by atoms with Crippen molar-refractivity contribution in [2.75, 3.05) is 11.9 Å². The van der Waals surface area contributed by atoms with E-state index in [1.54, 1.807) is 30.3 Å². The summed E-state index contributed by atoms with van der Waals surface area (Å²) in [7, 11) is 0. The fourth-order valence-electron chi connectivity index (χ4n) is 1.69. The third-order valence-electron chi connectivity index (χ3n) is 2.69. The summed E-state index contributed by atoms with van der Waals surface area (Å²) >= 11 is 1.46. The van der Waals surface area contributed by atoms with Gasteiger partial charge in [0, 0.05) is 16.6 Å². The van der Waals surface area contributed by atoms with E-state index in [2.05, 4.69) is 5.32 Å². The van der Waals surface area contributed by atoms with Gasteiger partial charge in [-0.05, 0) is 30.7 Å². The molecule has 0 spiro atoms. The molecule has 0 radical (unpaired) electrons. The van der Waals surface area contributed by atoms with E-state index in [1.165, 1.54) is 11.3 Å². The van der Waals surface area contributed by atoms with Crippen LogP contribution in [0.5, 0.6) is 5.75 Å². The van der Waals surface area contributed by atoms with Crippen molar-refractivity contribution < 1.29 is 19.4 Å². The first-order valence-corrected chi connectivity index (χ1v) is 7.25. The number of carboxylic acids is 1. The number of aryl methyl sites for hydroxylation is 1. The van der Waals surface area contributed by atoms with Gasteiger partial charge in [-0.15, -0.1) is 11.3 Å². The molecule has 0 aliphatic rings. The van der Waals surface area contributed by atoms with Gasteiger partial charge in [0.1, 0.15) is 5.75 Å². The number of hydrogen-bond acceptors (Lipinski definition) is 4. The number of nitrogens with one attached hydrogen (secondary N) is 1. The smallest absolute Gasteiger partial charge is 0.341 e. The number of aliphatic carboxylic acids is 1. The van der Waals surface area contributed by atoms with Gasteiger partial charge < -0.3 is 15.2 Å². The Labute approximate surface area is 126 Å². The molecule has 6 heteroatoms. The van der Waals surface area contributed by atoms with E-state index in [-0.39, 0.29) is 5.91 Å². The number of anilines is 1. The standard InChI is InChI=1S/C15H15NO4S/c1-2-12-6-7-13(21-12)15(19)16-10-4-3-5-11(8-10)20-9-14(17)18/h3-8H,2,9H2,1H3,(H,16,19)(H,17,18). The van der Waals surface area contributed by atoms with E-state index in [1.807, 2.05) is 13.0 Å². The fourth-order valence-corrected chi connectivity index (χ4v) is 2.53. The molecule has 2 rings (SSSR count). The normalized spacial score (nSPS) is 10.1. The Morgan fingerprint density at radius 1 is 1.29 bits per heavy atom. The van der Waals surface area contributed by atoms with Gasteiger partial charge in [-0.2, -0.15) is 0 Å². The van der Waals surface area contributed by atoms with Crippen molar-refractivity contribution in [1.29, 1.82) is 0 Å². The summed E-state index contributed by atoms with van der Waals surface area (Å²) in [4.78, 5) is 24.3. The molecule has 0 unspecified atom stereocenters. The molecule has 5 nitrogen and oxygen atoms in total. The van der Waals surface area contributed by atoms with E-state index in [4.69, 9.17) is 9.84 Å². The number of benzene rings is 1. The third kappa shape index (κ3) is 4.32. The maximum Gasteiger partial charge on any atom is 0.341 e. The van der Waals surface area contributed by atoms with Gasteiger partial charge in [-0.3, -0.25) is 4.79 Å². The summed E-state index contributed by atoms with van der Waals surface area (Å²) in [6.45, 7) is 1.62. The van der Waals surface area contributed by atoms with Crippen LogP contribution in [0.2, 0.25) is 0 Å². The Bertz CT molecular complexity index is 651. The van der Waals surface area contributed by atoms with Crippen LogP contribution >= 0.6 is 11.3 Å². The van der Waals surface area contributed by atoms with E-state index < -0.39 is 12.6 Å². The first-order chi connectivity index (χ1) is 10.1. The van der Waals surface area contributed by atoms with Crippen molar-refractivity contribution in [2.24, 2.45) is 0 Å². The zero-order chi connectivity index (χ0) is 15.2. The molecule has 0 fully saturated rings. The van der Waals surface area contributed by atoms with Gasteiger partial charge in [0.05, 0.1) is 4.88 Å². The van der Waals surface area contributed by atoms with Gasteiger partial charge in [0.25, 0.3) is 5.91 Å². The molecular formula is C15H15NO4S. The minimum Gasteiger partial charge on any atom is -0.482 e. The van der Waals surface area contributed by atoms with E-state index >= 15 is 0 Å². The van der Waals surface area contributed by atoms with E-state index in [0.717, 1.165) is 11.3 Å². The molecule has 1 amide bonds. The highest BCUT2D eigenvalue weighted by molar-refractivity contribution is 7.14. The Hall–Kier alpha value is -2.34. The van der Waals surface area contributed by atoms with Crippen LogP contribution in [-0.4, -0.2) is 23.6 Å². The number of rotatable bonds is 6. The zero-order valence-corrected chi connectivity index (χ0v) is 12.3. The van der Waals surface area contributed by atoms with Gasteiger partial charge >= 0.3 is 5.97 Å². The number of carboxylic acid groups (broad SMARTS) is 1. The lowest BCUT2D eigenvalue weighted by Crippen LogP contribution is -2.11. The van der Waals surface area contributed by atoms with Crippen molar-refractivity contribution >= 4 is 28.9 Å². The van der Waals surface area contributed by atoms with Crippen LogP contribution in [0, 0.1) is 0 Å². The number of carbonyl (C=O) groups excluding carboxylic acids is 1. The van der Waals surface area contributed by atoms with E-state index in [0.29, 0.717) is 16.3 Å². The molecule has 1 aromatic carbocycles. The summed E-state index contributed by atoms with van der Waals surface area (Å²) in [5, 5.41) is 11.3. The Morgan fingerprint density at radius 3 is 2.76 bits per heavy atom. The molecule has 2 N–H and O–H groups in total. The van der Waals surface area contributed by atoms with Crippen molar-refractivity contribution in [3.8, 4) is 5.75 Å². The maximum absolute atomic E-state index is 12.1. The predicted octanol–water partition coefficient (Wildman–Crippen LogP) is 3.03. The minimum absolute atomic E-state index is 0.185. The molecule has 110 valence electrons. The van der Waals surface area contributed by atoms with Crippen LogP contribution in [0.1, 0.15) is 21.5 Å². The second-order valence-corrected chi connectivity index (χ2v) is 5.45. The number of hydrogen-bond donors (Lipinski definition) is 2. The topological polar surface area (TPSA) is 75.6 Å². The van der Waals surface area contributed by atoms with Crippen LogP contribution in [0.25, 0.3) is 0 Å². The van der Waals surface area contributed by atoms with Crippen LogP contribution in [0.4, 0.5) is 5.69 Å². The molecule has 0 saturated carbocycles. The van der Waals surface area contributed by atoms with Crippen molar-refractivity contribution in [3.05, 3.63) is 46.2 Å². The SMILES string of the molecule is CCc1ccc(C(=O)Nc2cccc(OCC(=O)O)c2)s1. The van der Waals surface area contributed by atoms with Gasteiger partial charge in [-0.25, -0.2) is 4.79 Å². The maximum atomic E-state index is 12.1. The third-order valence-corrected chi connectivity index (χ3v) is 3.92. The fraction of sp³-hybridized carbons (Fsp3) is 0.200. The van der Waals surface area contributed by atoms with E-state index in [9.17, 15) is 9.59 Å². The molecule has 0 saturated heterocycles. The summed E-state index contributed by atoms with van der Waals surface area (Å²) in [5.41, 5.74) is 0.564. The summed E-state index contributed by atoms with van der Waals surface area (Å²) in [6, 6.07) is 10.4. The van der Waals surface area contributed by atoms with Crippen molar-refractivity contribution in [1.82, 2.24) is 0 Å². The first-order valence-electron chi connectivity index (χ1n) is 6.43. The molecule has 0 aliphatic heterocycles. The lowest BCUT2D eigenvalue weighted by atomic mass is 10.3. The predicted molar refractivity (Wildman–Crippen MR) is 81.2 cm³/mol. The van der Waals surface area contributed by atoms with Crippen molar-refractivity contribution in [3.63, 3.8) is 0 Å². The summed E-state index contributed by atoms with van der Waals surface area (Å²) in [6.07, 6.45) is 0.899. The highest BCUT2D eigenvalue weighted by Crippen LogP contribution is 2.21. The molecule has 21 heavy (non-hydrogen) atoms. The second kappa shape index (κ2) is 6.90. The summed E-state index contributed by atoms with van der Waals surface area (Å²) < 4.78 is 5.07. The van der Waals surface area contributed by atoms with Crippen LogP contribution in [0.15, 0.2) is 36.4 Å². The molecule has 0 atom stereocenters. The highest BCUT2D eigenvalue weighted by Gasteiger charge is 2.09. The highest BCUT2D eigenvalue weighted by atomic mass is 32.1. The summed E-state index contributed by atoms with van der Waals surface area (Å²) in [5.74, 6) is -0.833. The number of thiophene rings is 1. The van der Waals surface area contributed by atoms with Gasteiger partial charge in [0.2, 0.25) is 0 Å². The molecular weight excluding hydrogens is 290 g/mol.